The third kappa shape index (κ3) is 5.02. The molecule has 0 saturated carbocycles. The molecule has 3 aromatic carbocycles. The van der Waals surface area contributed by atoms with Crippen LogP contribution in [0.2, 0.25) is 0 Å². The van der Waals surface area contributed by atoms with E-state index in [9.17, 15) is 9.59 Å². The third-order valence-corrected chi connectivity index (χ3v) is 4.45. The lowest BCUT2D eigenvalue weighted by molar-refractivity contribution is 0.102. The van der Waals surface area contributed by atoms with E-state index in [0.29, 0.717) is 29.2 Å². The summed E-state index contributed by atoms with van der Waals surface area (Å²) in [6.07, 6.45) is 0. The van der Waals surface area contributed by atoms with Crippen LogP contribution in [0.1, 0.15) is 38.8 Å². The zero-order valence-corrected chi connectivity index (χ0v) is 16.8. The Hall–Kier alpha value is -3.60. The van der Waals surface area contributed by atoms with Gasteiger partial charge in [0.05, 0.1) is 12.3 Å². The van der Waals surface area contributed by atoms with Crippen LogP contribution in [0.25, 0.3) is 0 Å². The van der Waals surface area contributed by atoms with Gasteiger partial charge in [0.1, 0.15) is 5.75 Å². The molecule has 3 rings (SSSR count). The van der Waals surface area contributed by atoms with Gasteiger partial charge < -0.3 is 15.4 Å². The average Bonchev–Trinajstić information content (AvgIpc) is 2.71. The Morgan fingerprint density at radius 3 is 2.10 bits per heavy atom. The first-order valence-corrected chi connectivity index (χ1v) is 9.49. The van der Waals surface area contributed by atoms with E-state index in [1.54, 1.807) is 36.4 Å². The van der Waals surface area contributed by atoms with E-state index in [2.05, 4.69) is 10.6 Å². The summed E-state index contributed by atoms with van der Waals surface area (Å²) in [4.78, 5) is 25.4. The van der Waals surface area contributed by atoms with E-state index in [-0.39, 0.29) is 11.8 Å². The van der Waals surface area contributed by atoms with Crippen LogP contribution in [-0.4, -0.2) is 18.4 Å². The maximum absolute atomic E-state index is 12.7. The number of amides is 2. The Kier molecular flexibility index (Phi) is 6.29. The van der Waals surface area contributed by atoms with Gasteiger partial charge in [-0.2, -0.15) is 0 Å². The quantitative estimate of drug-likeness (QED) is 0.609. The van der Waals surface area contributed by atoms with Crippen molar-refractivity contribution in [2.45, 2.75) is 20.8 Å². The summed E-state index contributed by atoms with van der Waals surface area (Å²) in [7, 11) is 0. The zero-order valence-electron chi connectivity index (χ0n) is 16.8. The Bertz CT molecular complexity index is 1040. The van der Waals surface area contributed by atoms with Crippen molar-refractivity contribution in [3.05, 3.63) is 89.0 Å². The van der Waals surface area contributed by atoms with Crippen LogP contribution in [0.3, 0.4) is 0 Å². The molecule has 2 amide bonds. The lowest BCUT2D eigenvalue weighted by Crippen LogP contribution is -2.16. The first-order valence-electron chi connectivity index (χ1n) is 9.49. The second kappa shape index (κ2) is 9.06. The molecule has 2 N–H and O–H groups in total. The third-order valence-electron chi connectivity index (χ3n) is 4.45. The number of carbonyl (C=O) groups excluding carboxylic acids is 2. The summed E-state index contributed by atoms with van der Waals surface area (Å²) >= 11 is 0. The van der Waals surface area contributed by atoms with E-state index in [4.69, 9.17) is 4.74 Å². The first kappa shape index (κ1) is 20.1. The normalized spacial score (nSPS) is 10.3. The first-order chi connectivity index (χ1) is 14.0. The monoisotopic (exact) mass is 388 g/mol. The van der Waals surface area contributed by atoms with Crippen molar-refractivity contribution in [1.29, 1.82) is 0 Å². The van der Waals surface area contributed by atoms with Crippen LogP contribution < -0.4 is 15.4 Å². The molecule has 0 atom stereocenters. The number of aryl methyl sites for hydroxylation is 2. The fourth-order valence-corrected chi connectivity index (χ4v) is 3.00. The largest absolute Gasteiger partial charge is 0.492 e. The minimum Gasteiger partial charge on any atom is -0.492 e. The molecule has 0 radical (unpaired) electrons. The maximum atomic E-state index is 12.7. The Morgan fingerprint density at radius 2 is 1.45 bits per heavy atom. The second-order valence-corrected chi connectivity index (χ2v) is 6.74. The van der Waals surface area contributed by atoms with E-state index < -0.39 is 0 Å². The highest BCUT2D eigenvalue weighted by molar-refractivity contribution is 6.09. The Morgan fingerprint density at radius 1 is 0.793 bits per heavy atom. The van der Waals surface area contributed by atoms with Crippen molar-refractivity contribution in [3.63, 3.8) is 0 Å². The van der Waals surface area contributed by atoms with E-state index in [1.165, 1.54) is 0 Å². The molecular formula is C24H24N2O3. The van der Waals surface area contributed by atoms with Gasteiger partial charge in [0.2, 0.25) is 0 Å². The van der Waals surface area contributed by atoms with Gasteiger partial charge in [-0.15, -0.1) is 0 Å². The van der Waals surface area contributed by atoms with Gasteiger partial charge in [-0.25, -0.2) is 0 Å². The maximum Gasteiger partial charge on any atom is 0.255 e. The standard InChI is InChI=1S/C24H24N2O3/c1-4-29-22-11-6-5-10-21(22)26-24(28)19-9-7-8-18(15-19)23(27)25-20-13-12-16(2)14-17(20)3/h5-15H,4H2,1-3H3,(H,25,27)(H,26,28). The lowest BCUT2D eigenvalue weighted by atomic mass is 10.1. The molecule has 0 saturated heterocycles. The molecule has 0 aliphatic rings. The molecule has 0 unspecified atom stereocenters. The molecule has 0 aliphatic heterocycles. The van der Waals surface area contributed by atoms with Crippen molar-refractivity contribution in [2.75, 3.05) is 17.2 Å². The second-order valence-electron chi connectivity index (χ2n) is 6.74. The van der Waals surface area contributed by atoms with Crippen molar-refractivity contribution in [1.82, 2.24) is 0 Å². The molecule has 5 heteroatoms. The molecule has 3 aromatic rings. The minimum absolute atomic E-state index is 0.263. The van der Waals surface area contributed by atoms with Gasteiger partial charge in [0.15, 0.2) is 0 Å². The molecule has 0 aliphatic carbocycles. The van der Waals surface area contributed by atoms with Crippen LogP contribution in [-0.2, 0) is 0 Å². The highest BCUT2D eigenvalue weighted by atomic mass is 16.5. The SMILES string of the molecule is CCOc1ccccc1NC(=O)c1cccc(C(=O)Nc2ccc(C)cc2C)c1. The minimum atomic E-state index is -0.307. The van der Waals surface area contributed by atoms with Gasteiger partial charge in [-0.1, -0.05) is 35.9 Å². The number of ether oxygens (including phenoxy) is 1. The molecule has 0 heterocycles. The van der Waals surface area contributed by atoms with Crippen LogP contribution in [0, 0.1) is 13.8 Å². The van der Waals surface area contributed by atoms with Crippen molar-refractivity contribution in [3.8, 4) is 5.75 Å². The summed E-state index contributed by atoms with van der Waals surface area (Å²) in [6, 6.07) is 19.7. The van der Waals surface area contributed by atoms with Crippen molar-refractivity contribution >= 4 is 23.2 Å². The molecule has 0 bridgehead atoms. The van der Waals surface area contributed by atoms with Crippen molar-refractivity contribution in [2.24, 2.45) is 0 Å². The summed E-state index contributed by atoms with van der Waals surface area (Å²) in [5.41, 5.74) is 4.26. The predicted molar refractivity (Wildman–Crippen MR) is 116 cm³/mol. The number of carbonyl (C=O) groups is 2. The lowest BCUT2D eigenvalue weighted by Gasteiger charge is -2.12. The molecular weight excluding hydrogens is 364 g/mol. The molecule has 0 fully saturated rings. The van der Waals surface area contributed by atoms with Gasteiger partial charge in [-0.3, -0.25) is 9.59 Å². The number of rotatable bonds is 6. The van der Waals surface area contributed by atoms with Gasteiger partial charge in [-0.05, 0) is 62.7 Å². The average molecular weight is 388 g/mol. The Balaban J connectivity index is 1.76. The number of hydrogen-bond donors (Lipinski definition) is 2. The fraction of sp³-hybridized carbons (Fsp3) is 0.167. The van der Waals surface area contributed by atoms with E-state index in [1.807, 2.05) is 51.1 Å². The molecule has 0 aromatic heterocycles. The Labute approximate surface area is 170 Å². The number of nitrogens with one attached hydrogen (secondary N) is 2. The van der Waals surface area contributed by atoms with Crippen LogP contribution in [0.15, 0.2) is 66.7 Å². The van der Waals surface area contributed by atoms with Gasteiger partial charge >= 0.3 is 0 Å². The highest BCUT2D eigenvalue weighted by Gasteiger charge is 2.13. The van der Waals surface area contributed by atoms with Crippen molar-refractivity contribution < 1.29 is 14.3 Å². The smallest absolute Gasteiger partial charge is 0.255 e. The van der Waals surface area contributed by atoms with E-state index in [0.717, 1.165) is 16.8 Å². The van der Waals surface area contributed by atoms with Crippen LogP contribution in [0.5, 0.6) is 5.75 Å². The summed E-state index contributed by atoms with van der Waals surface area (Å²) in [6.45, 7) is 6.34. The van der Waals surface area contributed by atoms with Crippen LogP contribution in [0.4, 0.5) is 11.4 Å². The predicted octanol–water partition coefficient (Wildman–Crippen LogP) is 5.21. The topological polar surface area (TPSA) is 67.4 Å². The highest BCUT2D eigenvalue weighted by Crippen LogP contribution is 2.24. The summed E-state index contributed by atoms with van der Waals surface area (Å²) in [5.74, 6) is 0.0340. The number of hydrogen-bond acceptors (Lipinski definition) is 3. The zero-order chi connectivity index (χ0) is 20.8. The number of para-hydroxylation sites is 2. The molecule has 5 nitrogen and oxygen atoms in total. The fourth-order valence-electron chi connectivity index (χ4n) is 3.00. The number of anilines is 2. The molecule has 29 heavy (non-hydrogen) atoms. The van der Waals surface area contributed by atoms with Crippen LogP contribution >= 0.6 is 0 Å². The molecule has 0 spiro atoms. The number of benzene rings is 3. The summed E-state index contributed by atoms with van der Waals surface area (Å²) < 4.78 is 5.54. The van der Waals surface area contributed by atoms with E-state index >= 15 is 0 Å². The van der Waals surface area contributed by atoms with Gasteiger partial charge in [0.25, 0.3) is 11.8 Å². The summed E-state index contributed by atoms with van der Waals surface area (Å²) in [5, 5.41) is 5.75. The van der Waals surface area contributed by atoms with Gasteiger partial charge in [0, 0.05) is 16.8 Å². The molecule has 148 valence electrons.